The van der Waals surface area contributed by atoms with E-state index in [1.54, 1.807) is 36.4 Å². The number of rotatable bonds is 3. The Balaban J connectivity index is 1.59. The molecule has 2 aromatic rings. The third-order valence-corrected chi connectivity index (χ3v) is 6.24. The summed E-state index contributed by atoms with van der Waals surface area (Å²) in [7, 11) is 0. The van der Waals surface area contributed by atoms with Crippen LogP contribution in [-0.2, 0) is 9.59 Å². The smallest absolute Gasteiger partial charge is 0.255 e. The maximum Gasteiger partial charge on any atom is 0.255 e. The van der Waals surface area contributed by atoms with Gasteiger partial charge in [-0.05, 0) is 68.0 Å². The Morgan fingerprint density at radius 2 is 1.83 bits per heavy atom. The van der Waals surface area contributed by atoms with Gasteiger partial charge in [0, 0.05) is 16.3 Å². The van der Waals surface area contributed by atoms with E-state index in [9.17, 15) is 14.4 Å². The van der Waals surface area contributed by atoms with Gasteiger partial charge in [0.15, 0.2) is 0 Å². The summed E-state index contributed by atoms with van der Waals surface area (Å²) in [5.41, 5.74) is 2.35. The highest BCUT2D eigenvalue weighted by atomic mass is 35.5. The van der Waals surface area contributed by atoms with Gasteiger partial charge >= 0.3 is 0 Å². The van der Waals surface area contributed by atoms with Crippen molar-refractivity contribution in [1.82, 2.24) is 0 Å². The van der Waals surface area contributed by atoms with Crippen molar-refractivity contribution < 1.29 is 14.4 Å². The van der Waals surface area contributed by atoms with Crippen LogP contribution in [0.25, 0.3) is 0 Å². The minimum atomic E-state index is -0.317. The number of carbonyl (C=O) groups is 3. The van der Waals surface area contributed by atoms with Crippen LogP contribution < -0.4 is 10.2 Å². The summed E-state index contributed by atoms with van der Waals surface area (Å²) in [5, 5.41) is 3.38. The topological polar surface area (TPSA) is 66.5 Å². The number of hydrogen-bond acceptors (Lipinski definition) is 3. The van der Waals surface area contributed by atoms with E-state index in [0.717, 1.165) is 24.8 Å². The highest BCUT2D eigenvalue weighted by Crippen LogP contribution is 2.42. The number of nitrogens with one attached hydrogen (secondary N) is 1. The molecule has 2 fully saturated rings. The Morgan fingerprint density at radius 1 is 1.07 bits per heavy atom. The van der Waals surface area contributed by atoms with Crippen LogP contribution >= 0.6 is 11.6 Å². The maximum atomic E-state index is 12.9. The van der Waals surface area contributed by atoms with Gasteiger partial charge in [0.1, 0.15) is 0 Å². The fraction of sp³-hybridized carbons (Fsp3) is 0.348. The number of halogens is 1. The summed E-state index contributed by atoms with van der Waals surface area (Å²) in [5.74, 6) is -0.624. The molecule has 0 unspecified atom stereocenters. The van der Waals surface area contributed by atoms with Crippen LogP contribution in [0.15, 0.2) is 42.5 Å². The fourth-order valence-corrected chi connectivity index (χ4v) is 4.53. The molecule has 1 heterocycles. The van der Waals surface area contributed by atoms with Gasteiger partial charge in [-0.1, -0.05) is 30.7 Å². The number of fused-ring (bicyclic) bond motifs is 1. The number of amides is 3. The average Bonchev–Trinajstić information content (AvgIpc) is 2.94. The van der Waals surface area contributed by atoms with Crippen molar-refractivity contribution in [3.63, 3.8) is 0 Å². The van der Waals surface area contributed by atoms with Crippen LogP contribution in [0.3, 0.4) is 0 Å². The lowest BCUT2D eigenvalue weighted by molar-refractivity contribution is -0.122. The molecule has 0 bridgehead atoms. The zero-order valence-corrected chi connectivity index (χ0v) is 17.2. The zero-order valence-electron chi connectivity index (χ0n) is 16.4. The lowest BCUT2D eigenvalue weighted by atomic mass is 9.76. The fourth-order valence-electron chi connectivity index (χ4n) is 4.35. The van der Waals surface area contributed by atoms with Gasteiger partial charge < -0.3 is 5.32 Å². The maximum absolute atomic E-state index is 12.9. The molecule has 6 heteroatoms. The van der Waals surface area contributed by atoms with Gasteiger partial charge in [-0.25, -0.2) is 0 Å². The van der Waals surface area contributed by atoms with Gasteiger partial charge in [-0.2, -0.15) is 0 Å². The highest BCUT2D eigenvalue weighted by Gasteiger charge is 2.50. The Kier molecular flexibility index (Phi) is 5.17. The molecule has 0 aromatic heterocycles. The number of nitrogens with zero attached hydrogens (tertiary/aromatic N) is 1. The first-order valence-corrected chi connectivity index (χ1v) is 10.3. The number of carbonyl (C=O) groups excluding carboxylic acids is 3. The average molecular weight is 411 g/mol. The lowest BCUT2D eigenvalue weighted by Crippen LogP contribution is -2.31. The van der Waals surface area contributed by atoms with Gasteiger partial charge in [-0.3, -0.25) is 19.3 Å². The van der Waals surface area contributed by atoms with Gasteiger partial charge in [0.2, 0.25) is 11.8 Å². The number of benzene rings is 2. The van der Waals surface area contributed by atoms with Crippen LogP contribution in [0.1, 0.15) is 42.1 Å². The normalized spacial score (nSPS) is 23.8. The SMILES string of the molecule is Cc1ccc(Cl)cc1NC(=O)c1cccc(N2C(=O)[C@H]3CC[C@H](C)C[C@@H]3C2=O)c1. The molecular weight excluding hydrogens is 388 g/mol. The van der Waals surface area contributed by atoms with E-state index in [1.165, 1.54) is 4.90 Å². The number of anilines is 2. The monoisotopic (exact) mass is 410 g/mol. The molecule has 5 nitrogen and oxygen atoms in total. The summed E-state index contributed by atoms with van der Waals surface area (Å²) in [6.07, 6.45) is 2.47. The summed E-state index contributed by atoms with van der Waals surface area (Å²) < 4.78 is 0. The first-order chi connectivity index (χ1) is 13.8. The Morgan fingerprint density at radius 3 is 2.62 bits per heavy atom. The molecular formula is C23H23ClN2O3. The molecule has 150 valence electrons. The first kappa shape index (κ1) is 19.6. The van der Waals surface area contributed by atoms with Crippen molar-refractivity contribution in [3.8, 4) is 0 Å². The molecule has 1 saturated heterocycles. The van der Waals surface area contributed by atoms with Crippen LogP contribution in [-0.4, -0.2) is 17.7 Å². The second-order valence-corrected chi connectivity index (χ2v) is 8.54. The quantitative estimate of drug-likeness (QED) is 0.737. The Labute approximate surface area is 175 Å². The molecule has 3 atom stereocenters. The van der Waals surface area contributed by atoms with E-state index in [-0.39, 0.29) is 29.6 Å². The standard InChI is InChI=1S/C23H23ClN2O3/c1-13-6-9-18-19(10-13)23(29)26(22(18)28)17-5-3-4-15(11-17)21(27)25-20-12-16(24)8-7-14(20)2/h3-5,7-8,11-13,18-19H,6,9-10H2,1-2H3,(H,25,27)/t13-,18-,19-/m0/s1. The van der Waals surface area contributed by atoms with E-state index in [4.69, 9.17) is 11.6 Å². The van der Waals surface area contributed by atoms with Gasteiger partial charge in [0.25, 0.3) is 5.91 Å². The Bertz CT molecular complexity index is 1000. The van der Waals surface area contributed by atoms with E-state index in [2.05, 4.69) is 12.2 Å². The summed E-state index contributed by atoms with van der Waals surface area (Å²) in [4.78, 5) is 39.9. The van der Waals surface area contributed by atoms with Crippen LogP contribution in [0.4, 0.5) is 11.4 Å². The molecule has 4 rings (SSSR count). The predicted molar refractivity (Wildman–Crippen MR) is 113 cm³/mol. The first-order valence-electron chi connectivity index (χ1n) is 9.90. The van der Waals surface area contributed by atoms with Crippen molar-refractivity contribution in [2.75, 3.05) is 10.2 Å². The summed E-state index contributed by atoms with van der Waals surface area (Å²) in [6, 6.07) is 12.0. The highest BCUT2D eigenvalue weighted by molar-refractivity contribution is 6.31. The van der Waals surface area contributed by atoms with Gasteiger partial charge in [-0.15, -0.1) is 0 Å². The second-order valence-electron chi connectivity index (χ2n) is 8.11. The minimum Gasteiger partial charge on any atom is -0.322 e. The number of imide groups is 1. The third kappa shape index (κ3) is 3.67. The molecule has 0 radical (unpaired) electrons. The predicted octanol–water partition coefficient (Wildman–Crippen LogP) is 4.83. The van der Waals surface area contributed by atoms with Crippen molar-refractivity contribution >= 4 is 40.7 Å². The molecule has 2 aromatic carbocycles. The van der Waals surface area contributed by atoms with Crippen molar-refractivity contribution in [3.05, 3.63) is 58.6 Å². The van der Waals surface area contributed by atoms with Crippen molar-refractivity contribution in [1.29, 1.82) is 0 Å². The van der Waals surface area contributed by atoms with Crippen molar-refractivity contribution in [2.24, 2.45) is 17.8 Å². The van der Waals surface area contributed by atoms with Crippen LogP contribution in [0, 0.1) is 24.7 Å². The minimum absolute atomic E-state index is 0.143. The molecule has 0 spiro atoms. The van der Waals surface area contributed by atoms with E-state index < -0.39 is 0 Å². The van der Waals surface area contributed by atoms with Crippen molar-refractivity contribution in [2.45, 2.75) is 33.1 Å². The van der Waals surface area contributed by atoms with Crippen LogP contribution in [0.5, 0.6) is 0 Å². The van der Waals surface area contributed by atoms with Crippen LogP contribution in [0.2, 0.25) is 5.02 Å². The molecule has 1 aliphatic heterocycles. The number of aryl methyl sites for hydroxylation is 1. The second kappa shape index (κ2) is 7.64. The van der Waals surface area contributed by atoms with E-state index in [0.29, 0.717) is 27.9 Å². The molecule has 3 amide bonds. The molecule has 1 N–H and O–H groups in total. The summed E-state index contributed by atoms with van der Waals surface area (Å²) >= 11 is 6.03. The molecule has 1 saturated carbocycles. The van der Waals surface area contributed by atoms with E-state index in [1.807, 2.05) is 13.0 Å². The molecule has 1 aliphatic carbocycles. The third-order valence-electron chi connectivity index (χ3n) is 6.00. The van der Waals surface area contributed by atoms with E-state index >= 15 is 0 Å². The zero-order chi connectivity index (χ0) is 20.7. The number of hydrogen-bond donors (Lipinski definition) is 1. The van der Waals surface area contributed by atoms with Gasteiger partial charge in [0.05, 0.1) is 17.5 Å². The largest absolute Gasteiger partial charge is 0.322 e. The molecule has 29 heavy (non-hydrogen) atoms. The Hall–Kier alpha value is -2.66. The molecule has 2 aliphatic rings. The summed E-state index contributed by atoms with van der Waals surface area (Å²) in [6.45, 7) is 4.01. The lowest BCUT2D eigenvalue weighted by Gasteiger charge is -2.25.